The summed E-state index contributed by atoms with van der Waals surface area (Å²) in [6.45, 7) is 6.50. The number of amides is 1. The number of allylic oxidation sites excluding steroid dienone is 3. The average molecular weight is 517 g/mol. The van der Waals surface area contributed by atoms with E-state index < -0.39 is 10.1 Å². The predicted molar refractivity (Wildman–Crippen MR) is 148 cm³/mol. The summed E-state index contributed by atoms with van der Waals surface area (Å²) in [5.41, 5.74) is 3.86. The molecule has 37 heavy (non-hydrogen) atoms. The zero-order chi connectivity index (χ0) is 26.6. The quantitative estimate of drug-likeness (QED) is 0.159. The fourth-order valence-corrected chi connectivity index (χ4v) is 5.63. The van der Waals surface area contributed by atoms with Crippen molar-refractivity contribution in [1.82, 2.24) is 0 Å². The molecule has 3 aromatic rings. The molecule has 0 radical (unpaired) electrons. The molecule has 3 aromatic carbocycles. The van der Waals surface area contributed by atoms with Crippen molar-refractivity contribution in [1.29, 1.82) is 0 Å². The van der Waals surface area contributed by atoms with Crippen molar-refractivity contribution in [2.45, 2.75) is 39.0 Å². The molecule has 0 saturated carbocycles. The first-order chi connectivity index (χ1) is 17.6. The second-order valence-corrected chi connectivity index (χ2v) is 11.3. The van der Waals surface area contributed by atoms with Crippen LogP contribution in [0.5, 0.6) is 0 Å². The Bertz CT molecular complexity index is 1500. The number of carbonyl (C=O) groups is 1. The first-order valence-corrected chi connectivity index (χ1v) is 14.0. The lowest BCUT2D eigenvalue weighted by Gasteiger charge is -2.17. The molecule has 0 unspecified atom stereocenters. The molecule has 0 atom stereocenters. The first kappa shape index (κ1) is 26.5. The van der Waals surface area contributed by atoms with E-state index in [1.54, 1.807) is 11.1 Å². The Morgan fingerprint density at radius 3 is 2.38 bits per heavy atom. The van der Waals surface area contributed by atoms with Crippen LogP contribution in [0.2, 0.25) is 0 Å². The Morgan fingerprint density at radius 2 is 1.68 bits per heavy atom. The van der Waals surface area contributed by atoms with E-state index in [1.165, 1.54) is 17.9 Å². The molecular weight excluding hydrogens is 484 g/mol. The third kappa shape index (κ3) is 5.89. The maximum Gasteiger partial charge on any atom is 0.227 e. The van der Waals surface area contributed by atoms with Gasteiger partial charge in [-0.05, 0) is 55.3 Å². The summed E-state index contributed by atoms with van der Waals surface area (Å²) >= 11 is 0. The lowest BCUT2D eigenvalue weighted by molar-refractivity contribution is -0.438. The highest BCUT2D eigenvalue weighted by atomic mass is 32.2. The Labute approximate surface area is 219 Å². The summed E-state index contributed by atoms with van der Waals surface area (Å²) < 4.78 is 35.5. The van der Waals surface area contributed by atoms with Crippen molar-refractivity contribution >= 4 is 43.9 Å². The number of para-hydroxylation sites is 1. The second-order valence-electron chi connectivity index (χ2n) is 9.74. The average Bonchev–Trinajstić information content (AvgIpc) is 3.07. The van der Waals surface area contributed by atoms with Gasteiger partial charge in [0.2, 0.25) is 11.6 Å². The van der Waals surface area contributed by atoms with E-state index in [0.717, 1.165) is 22.5 Å². The molecule has 0 fully saturated rings. The van der Waals surface area contributed by atoms with Gasteiger partial charge in [-0.2, -0.15) is 4.58 Å². The van der Waals surface area contributed by atoms with Crippen LogP contribution in [0.1, 0.15) is 39.2 Å². The minimum absolute atomic E-state index is 0.0847. The van der Waals surface area contributed by atoms with Crippen molar-refractivity contribution in [3.05, 3.63) is 96.7 Å². The van der Waals surface area contributed by atoms with E-state index in [2.05, 4.69) is 48.8 Å². The number of unbranched alkanes of at least 4 members (excludes halogenated alkanes) is 1. The summed E-state index contributed by atoms with van der Waals surface area (Å²) in [5, 5.41) is 2.35. The lowest BCUT2D eigenvalue weighted by Crippen LogP contribution is -2.28. The molecule has 4 rings (SSSR count). The van der Waals surface area contributed by atoms with Gasteiger partial charge in [0.25, 0.3) is 0 Å². The van der Waals surface area contributed by atoms with E-state index >= 15 is 0 Å². The number of rotatable bonds is 9. The topological polar surface area (TPSA) is 80.5 Å². The summed E-state index contributed by atoms with van der Waals surface area (Å²) in [6, 6.07) is 22.0. The van der Waals surface area contributed by atoms with Gasteiger partial charge in [0, 0.05) is 48.7 Å². The second kappa shape index (κ2) is 10.8. The highest BCUT2D eigenvalue weighted by Crippen LogP contribution is 2.44. The predicted octanol–water partition coefficient (Wildman–Crippen LogP) is 5.66. The van der Waals surface area contributed by atoms with Gasteiger partial charge in [-0.15, -0.1) is 0 Å². The van der Waals surface area contributed by atoms with Gasteiger partial charge in [-0.1, -0.05) is 48.5 Å². The van der Waals surface area contributed by atoms with Crippen LogP contribution in [-0.2, 0) is 20.3 Å². The fourth-order valence-electron chi connectivity index (χ4n) is 5.07. The van der Waals surface area contributed by atoms with Gasteiger partial charge in [0.15, 0.2) is 5.71 Å². The number of nitrogens with zero attached hydrogens (tertiary/aromatic N) is 2. The molecule has 1 aliphatic heterocycles. The molecule has 6 nitrogen and oxygen atoms in total. The van der Waals surface area contributed by atoms with Crippen molar-refractivity contribution < 1.29 is 22.3 Å². The maximum atomic E-state index is 12.2. The molecule has 7 heteroatoms. The Kier molecular flexibility index (Phi) is 7.76. The number of hydrogen-bond donors (Lipinski definition) is 0. The minimum atomic E-state index is -4.23. The van der Waals surface area contributed by atoms with Gasteiger partial charge in [-0.3, -0.25) is 9.69 Å². The third-order valence-corrected chi connectivity index (χ3v) is 7.54. The number of benzene rings is 3. The number of hydrogen-bond acceptors (Lipinski definition) is 4. The largest absolute Gasteiger partial charge is 0.748 e. The molecule has 0 spiro atoms. The van der Waals surface area contributed by atoms with Crippen LogP contribution in [0.4, 0.5) is 11.4 Å². The number of fused-ring (bicyclic) bond motifs is 3. The molecule has 1 aliphatic rings. The first-order valence-electron chi connectivity index (χ1n) is 12.4. The zero-order valence-electron chi connectivity index (χ0n) is 21.4. The monoisotopic (exact) mass is 516 g/mol. The van der Waals surface area contributed by atoms with Crippen LogP contribution in [0.25, 0.3) is 10.8 Å². The lowest BCUT2D eigenvalue weighted by atomic mass is 9.79. The summed E-state index contributed by atoms with van der Waals surface area (Å²) in [7, 11) is -4.23. The van der Waals surface area contributed by atoms with Crippen molar-refractivity contribution in [2.75, 3.05) is 17.2 Å². The van der Waals surface area contributed by atoms with Crippen molar-refractivity contribution in [3.8, 4) is 0 Å². The highest BCUT2D eigenvalue weighted by molar-refractivity contribution is 7.85. The zero-order valence-corrected chi connectivity index (χ0v) is 22.2. The van der Waals surface area contributed by atoms with Gasteiger partial charge in [-0.25, -0.2) is 8.42 Å². The molecule has 1 heterocycles. The standard InChI is InChI=1S/C30H32N2O4S/c1-23(33)31(25-14-5-4-6-15-25)20-10-9-17-28-30(2,3)29-26-16-8-7-13-24(26)18-19-27(29)32(28)21-11-12-22-37(34,35)36/h4-10,13-20H,11-12,21-22H2,1-3H3. The number of carbonyl (C=O) groups excluding carboxylic acids is 1. The molecule has 0 aromatic heterocycles. The summed E-state index contributed by atoms with van der Waals surface area (Å²) in [4.78, 5) is 13.8. The molecule has 1 amide bonds. The van der Waals surface area contributed by atoms with Crippen LogP contribution < -0.4 is 4.90 Å². The smallest absolute Gasteiger partial charge is 0.227 e. The van der Waals surface area contributed by atoms with Gasteiger partial charge in [0.1, 0.15) is 6.54 Å². The van der Waals surface area contributed by atoms with Crippen molar-refractivity contribution in [2.24, 2.45) is 0 Å². The van der Waals surface area contributed by atoms with Crippen LogP contribution in [0.15, 0.2) is 91.2 Å². The van der Waals surface area contributed by atoms with Gasteiger partial charge < -0.3 is 4.55 Å². The van der Waals surface area contributed by atoms with Gasteiger partial charge in [0.05, 0.1) is 15.5 Å². The molecule has 0 aliphatic carbocycles. The van der Waals surface area contributed by atoms with E-state index in [0.29, 0.717) is 19.4 Å². The van der Waals surface area contributed by atoms with E-state index in [1.807, 2.05) is 54.6 Å². The van der Waals surface area contributed by atoms with Crippen molar-refractivity contribution in [3.63, 3.8) is 0 Å². The Hall–Kier alpha value is -3.55. The summed E-state index contributed by atoms with van der Waals surface area (Å²) in [6.07, 6.45) is 8.47. The molecule has 192 valence electrons. The van der Waals surface area contributed by atoms with E-state index in [-0.39, 0.29) is 17.1 Å². The SMILES string of the molecule is CC(=O)N(/C=C/C=C/C1=[N+](CCCCS(=O)(=O)[O-])c2ccc3ccccc3c2C1(C)C)c1ccccc1. The van der Waals surface area contributed by atoms with E-state index in [9.17, 15) is 17.8 Å². The molecular formula is C30H32N2O4S. The molecule has 0 saturated heterocycles. The Morgan fingerprint density at radius 1 is 0.973 bits per heavy atom. The van der Waals surface area contributed by atoms with Crippen LogP contribution in [0, 0.1) is 0 Å². The van der Waals surface area contributed by atoms with Crippen LogP contribution >= 0.6 is 0 Å². The Balaban J connectivity index is 1.69. The van der Waals surface area contributed by atoms with Gasteiger partial charge >= 0.3 is 0 Å². The maximum absolute atomic E-state index is 12.2. The normalized spacial score (nSPS) is 15.1. The minimum Gasteiger partial charge on any atom is -0.748 e. The third-order valence-electron chi connectivity index (χ3n) is 6.75. The molecule has 0 N–H and O–H groups in total. The molecule has 0 bridgehead atoms. The van der Waals surface area contributed by atoms with Crippen LogP contribution in [-0.4, -0.2) is 41.5 Å². The fraction of sp³-hybridized carbons (Fsp3) is 0.267. The van der Waals surface area contributed by atoms with E-state index in [4.69, 9.17) is 0 Å². The van der Waals surface area contributed by atoms with Crippen LogP contribution in [0.3, 0.4) is 0 Å². The number of anilines is 1. The highest BCUT2D eigenvalue weighted by Gasteiger charge is 2.45. The summed E-state index contributed by atoms with van der Waals surface area (Å²) in [5.74, 6) is -0.443.